The molecule has 0 saturated carbocycles. The van der Waals surface area contributed by atoms with Gasteiger partial charge in [0.05, 0.1) is 12.7 Å². The molecule has 0 amide bonds. The third-order valence-corrected chi connectivity index (χ3v) is 4.23. The Morgan fingerprint density at radius 3 is 2.75 bits per heavy atom. The smallest absolute Gasteiger partial charge is 0.353 e. The molecule has 0 spiro atoms. The Balaban J connectivity index is 1.72. The fourth-order valence-corrected chi connectivity index (χ4v) is 2.87. The van der Waals surface area contributed by atoms with E-state index in [0.29, 0.717) is 24.2 Å². The Morgan fingerprint density at radius 1 is 1.39 bits per heavy atom. The summed E-state index contributed by atoms with van der Waals surface area (Å²) in [6.45, 7) is 1.36. The molecule has 2 aromatic rings. The summed E-state index contributed by atoms with van der Waals surface area (Å²) < 4.78 is 17.5. The second-order valence-corrected chi connectivity index (χ2v) is 6.29. The summed E-state index contributed by atoms with van der Waals surface area (Å²) in [5, 5.41) is 9.18. The van der Waals surface area contributed by atoms with Crippen LogP contribution in [0.5, 0.6) is 11.6 Å². The van der Waals surface area contributed by atoms with Gasteiger partial charge in [-0.2, -0.15) is 4.98 Å². The van der Waals surface area contributed by atoms with Crippen LogP contribution in [0.3, 0.4) is 0 Å². The average Bonchev–Trinajstić information content (AvgIpc) is 3.16. The highest BCUT2D eigenvalue weighted by Gasteiger charge is 2.27. The van der Waals surface area contributed by atoms with Gasteiger partial charge in [-0.15, -0.1) is 6.42 Å². The van der Waals surface area contributed by atoms with E-state index in [1.54, 1.807) is 24.3 Å². The molecule has 0 radical (unpaired) electrons. The minimum Gasteiger partial charge on any atom is -0.472 e. The number of benzene rings is 1. The quantitative estimate of drug-likeness (QED) is 0.456. The molecule has 2 heterocycles. The molecule has 2 atom stereocenters. The lowest BCUT2D eigenvalue weighted by Gasteiger charge is -2.16. The van der Waals surface area contributed by atoms with Crippen molar-refractivity contribution in [3.05, 3.63) is 52.1 Å². The van der Waals surface area contributed by atoms with Crippen LogP contribution in [0.25, 0.3) is 0 Å². The second kappa shape index (κ2) is 8.69. The van der Waals surface area contributed by atoms with E-state index in [9.17, 15) is 14.7 Å². The molecule has 1 aliphatic rings. The van der Waals surface area contributed by atoms with Crippen molar-refractivity contribution in [3.8, 4) is 24.0 Å². The lowest BCUT2D eigenvalue weighted by atomic mass is 10.2. The van der Waals surface area contributed by atoms with E-state index < -0.39 is 17.9 Å². The summed E-state index contributed by atoms with van der Waals surface area (Å²) in [5.41, 5.74) is 0.574. The highest BCUT2D eigenvalue weighted by molar-refractivity contribution is 5.69. The predicted molar refractivity (Wildman–Crippen MR) is 98.7 cm³/mol. The molecule has 28 heavy (non-hydrogen) atoms. The number of rotatable bonds is 6. The summed E-state index contributed by atoms with van der Waals surface area (Å²) in [6, 6.07) is 6.75. The molecular weight excluding hydrogens is 364 g/mol. The number of carbonyl (C=O) groups excluding carboxylic acids is 1. The molecule has 2 unspecified atom stereocenters. The number of esters is 1. The Labute approximate surface area is 161 Å². The van der Waals surface area contributed by atoms with Gasteiger partial charge in [-0.05, 0) is 30.5 Å². The predicted octanol–water partition coefficient (Wildman–Crippen LogP) is 1.40. The number of aliphatic hydroxyl groups excluding tert-OH is 1. The molecular formula is C20H20N2O6. The van der Waals surface area contributed by atoms with Crippen LogP contribution in [-0.2, 0) is 16.1 Å². The molecule has 1 aromatic heterocycles. The second-order valence-electron chi connectivity index (χ2n) is 6.29. The third kappa shape index (κ3) is 4.57. The van der Waals surface area contributed by atoms with E-state index in [2.05, 4.69) is 10.9 Å². The zero-order valence-corrected chi connectivity index (χ0v) is 15.3. The molecule has 1 fully saturated rings. The zero-order chi connectivity index (χ0) is 20.1. The van der Waals surface area contributed by atoms with Gasteiger partial charge >= 0.3 is 11.7 Å². The molecule has 1 saturated heterocycles. The highest BCUT2D eigenvalue weighted by Crippen LogP contribution is 2.27. The maximum Gasteiger partial charge on any atom is 0.353 e. The van der Waals surface area contributed by atoms with Crippen LogP contribution < -0.4 is 15.2 Å². The lowest BCUT2D eigenvalue weighted by Crippen LogP contribution is -2.28. The van der Waals surface area contributed by atoms with Crippen LogP contribution in [0.4, 0.5) is 0 Å². The molecule has 1 aliphatic heterocycles. The summed E-state index contributed by atoms with van der Waals surface area (Å²) in [4.78, 5) is 27.2. The van der Waals surface area contributed by atoms with E-state index in [1.807, 2.05) is 0 Å². The Bertz CT molecular complexity index is 945. The Kier molecular flexibility index (Phi) is 6.09. The van der Waals surface area contributed by atoms with Gasteiger partial charge in [0.1, 0.15) is 24.1 Å². The number of hydrogen-bond acceptors (Lipinski definition) is 7. The first-order valence-corrected chi connectivity index (χ1v) is 8.76. The van der Waals surface area contributed by atoms with E-state index in [0.717, 1.165) is 5.56 Å². The summed E-state index contributed by atoms with van der Waals surface area (Å²) in [5.74, 6) is 2.56. The van der Waals surface area contributed by atoms with Crippen LogP contribution >= 0.6 is 0 Å². The molecule has 0 aliphatic carbocycles. The number of hydrogen-bond donors (Lipinski definition) is 1. The van der Waals surface area contributed by atoms with Crippen molar-refractivity contribution in [2.75, 3.05) is 6.61 Å². The topological polar surface area (TPSA) is 99.9 Å². The first-order valence-electron chi connectivity index (χ1n) is 8.76. The molecule has 1 aromatic carbocycles. The van der Waals surface area contributed by atoms with Crippen molar-refractivity contribution in [2.24, 2.45) is 0 Å². The summed E-state index contributed by atoms with van der Waals surface area (Å²) >= 11 is 0. The first-order chi connectivity index (χ1) is 13.5. The minimum absolute atomic E-state index is 0.0597. The van der Waals surface area contributed by atoms with Crippen LogP contribution in [-0.4, -0.2) is 33.3 Å². The lowest BCUT2D eigenvalue weighted by molar-refractivity contribution is -0.131. The SMILES string of the molecule is C#Cc1cn(C2CCC(CO)O2)c(=O)nc1OCc1ccc(OC(C)=O)cc1. The number of aromatic nitrogens is 2. The number of aliphatic hydroxyl groups is 1. The maximum absolute atomic E-state index is 12.4. The van der Waals surface area contributed by atoms with Gasteiger partial charge in [0.25, 0.3) is 0 Å². The molecule has 8 nitrogen and oxygen atoms in total. The van der Waals surface area contributed by atoms with Crippen molar-refractivity contribution in [2.45, 2.75) is 38.7 Å². The first kappa shape index (κ1) is 19.6. The molecule has 3 rings (SSSR count). The van der Waals surface area contributed by atoms with Crippen LogP contribution in [0.1, 0.15) is 37.1 Å². The average molecular weight is 384 g/mol. The Morgan fingerprint density at radius 2 is 2.14 bits per heavy atom. The molecule has 8 heteroatoms. The highest BCUT2D eigenvalue weighted by atomic mass is 16.5. The van der Waals surface area contributed by atoms with Crippen LogP contribution in [0.2, 0.25) is 0 Å². The van der Waals surface area contributed by atoms with Crippen molar-refractivity contribution in [1.82, 2.24) is 9.55 Å². The number of nitrogens with zero attached hydrogens (tertiary/aromatic N) is 2. The molecule has 0 bridgehead atoms. The van der Waals surface area contributed by atoms with E-state index >= 15 is 0 Å². The number of terminal acetylenes is 1. The van der Waals surface area contributed by atoms with Gasteiger partial charge in [0.2, 0.25) is 5.88 Å². The largest absolute Gasteiger partial charge is 0.472 e. The van der Waals surface area contributed by atoms with Crippen LogP contribution in [0, 0.1) is 12.3 Å². The summed E-state index contributed by atoms with van der Waals surface area (Å²) in [6.07, 6.45) is 7.47. The fraction of sp³-hybridized carbons (Fsp3) is 0.350. The fourth-order valence-electron chi connectivity index (χ4n) is 2.87. The molecule has 146 valence electrons. The zero-order valence-electron chi connectivity index (χ0n) is 15.3. The van der Waals surface area contributed by atoms with Gasteiger partial charge in [-0.3, -0.25) is 9.36 Å². The minimum atomic E-state index is -0.539. The summed E-state index contributed by atoms with van der Waals surface area (Å²) in [7, 11) is 0. The van der Waals surface area contributed by atoms with Gasteiger partial charge in [0, 0.05) is 13.1 Å². The Hall–Kier alpha value is -3.15. The van der Waals surface area contributed by atoms with Gasteiger partial charge < -0.3 is 19.3 Å². The number of ether oxygens (including phenoxy) is 3. The number of carbonyl (C=O) groups is 1. The molecule has 1 N–H and O–H groups in total. The van der Waals surface area contributed by atoms with Crippen molar-refractivity contribution >= 4 is 5.97 Å². The van der Waals surface area contributed by atoms with Gasteiger partial charge in [-0.25, -0.2) is 4.79 Å². The van der Waals surface area contributed by atoms with Crippen molar-refractivity contribution < 1.29 is 24.1 Å². The van der Waals surface area contributed by atoms with Crippen molar-refractivity contribution in [1.29, 1.82) is 0 Å². The van der Waals surface area contributed by atoms with Gasteiger partial charge in [-0.1, -0.05) is 18.1 Å². The van der Waals surface area contributed by atoms with E-state index in [1.165, 1.54) is 17.7 Å². The standard InChI is InChI=1S/C20H20N2O6/c1-3-15-10-22(18-9-8-17(11-23)28-18)20(25)21-19(15)26-12-14-4-6-16(7-5-14)27-13(2)24/h1,4-7,10,17-18,23H,8-9,11-12H2,2H3. The van der Waals surface area contributed by atoms with Gasteiger partial charge in [0.15, 0.2) is 0 Å². The third-order valence-electron chi connectivity index (χ3n) is 4.23. The normalized spacial score (nSPS) is 18.5. The van der Waals surface area contributed by atoms with E-state index in [4.69, 9.17) is 20.6 Å². The van der Waals surface area contributed by atoms with E-state index in [-0.39, 0.29) is 25.2 Å². The maximum atomic E-state index is 12.4. The monoisotopic (exact) mass is 384 g/mol. The van der Waals surface area contributed by atoms with Crippen LogP contribution in [0.15, 0.2) is 35.3 Å². The van der Waals surface area contributed by atoms with Crippen molar-refractivity contribution in [3.63, 3.8) is 0 Å².